The number of hydrogen-bond donors (Lipinski definition) is 2. The highest BCUT2D eigenvalue weighted by Gasteiger charge is 2.04. The van der Waals surface area contributed by atoms with Gasteiger partial charge in [0.25, 0.3) is 0 Å². The molecule has 146 valence electrons. The van der Waals surface area contributed by atoms with Gasteiger partial charge in [0.1, 0.15) is 0 Å². The summed E-state index contributed by atoms with van der Waals surface area (Å²) in [5.41, 5.74) is 4.63. The third-order valence-corrected chi connectivity index (χ3v) is 4.68. The molecule has 27 heavy (non-hydrogen) atoms. The van der Waals surface area contributed by atoms with Gasteiger partial charge in [-0.15, -0.1) is 0 Å². The van der Waals surface area contributed by atoms with Crippen LogP contribution in [-0.4, -0.2) is 38.1 Å². The highest BCUT2D eigenvalue weighted by atomic mass is 16.2. The molecule has 0 heterocycles. The number of anilines is 1. The van der Waals surface area contributed by atoms with Crippen LogP contribution in [0.5, 0.6) is 0 Å². The molecule has 0 saturated carbocycles. The van der Waals surface area contributed by atoms with Crippen LogP contribution in [0.4, 0.5) is 10.5 Å². The van der Waals surface area contributed by atoms with E-state index in [2.05, 4.69) is 70.7 Å². The van der Waals surface area contributed by atoms with Crippen molar-refractivity contribution in [3.8, 4) is 0 Å². The van der Waals surface area contributed by atoms with Crippen LogP contribution in [-0.2, 0) is 19.6 Å². The van der Waals surface area contributed by atoms with Gasteiger partial charge >= 0.3 is 6.03 Å². The van der Waals surface area contributed by atoms with Crippen molar-refractivity contribution in [3.63, 3.8) is 0 Å². The number of carbonyl (C=O) groups is 1. The first-order chi connectivity index (χ1) is 13.0. The molecule has 2 rings (SSSR count). The van der Waals surface area contributed by atoms with Crippen molar-refractivity contribution >= 4 is 11.7 Å². The van der Waals surface area contributed by atoms with Gasteiger partial charge in [-0.1, -0.05) is 50.2 Å². The summed E-state index contributed by atoms with van der Waals surface area (Å²) in [6.07, 6.45) is 0. The Balaban J connectivity index is 1.74. The van der Waals surface area contributed by atoms with Crippen LogP contribution >= 0.6 is 0 Å². The molecule has 0 unspecified atom stereocenters. The first kappa shape index (κ1) is 20.8. The minimum Gasteiger partial charge on any atom is -0.378 e. The molecule has 0 fully saturated rings. The largest absolute Gasteiger partial charge is 0.378 e. The lowest BCUT2D eigenvalue weighted by molar-refractivity contribution is 0.240. The predicted octanol–water partition coefficient (Wildman–Crippen LogP) is 3.59. The lowest BCUT2D eigenvalue weighted by Gasteiger charge is -2.18. The van der Waals surface area contributed by atoms with Crippen LogP contribution in [0.1, 0.15) is 30.5 Å². The highest BCUT2D eigenvalue weighted by molar-refractivity contribution is 5.73. The Bertz CT molecular complexity index is 691. The Morgan fingerprint density at radius 1 is 0.778 bits per heavy atom. The second-order valence-electron chi connectivity index (χ2n) is 6.87. The van der Waals surface area contributed by atoms with E-state index in [0.717, 1.165) is 36.4 Å². The van der Waals surface area contributed by atoms with E-state index in [1.54, 1.807) is 0 Å². The lowest BCUT2D eigenvalue weighted by atomic mass is 10.1. The van der Waals surface area contributed by atoms with Crippen molar-refractivity contribution in [2.75, 3.05) is 32.1 Å². The van der Waals surface area contributed by atoms with Gasteiger partial charge in [-0.25, -0.2) is 4.79 Å². The SMILES string of the molecule is CCN(CC)Cc1ccc(CNC(=O)NCc2ccc(N(C)C)cc2)cc1. The fraction of sp³-hybridized carbons (Fsp3) is 0.409. The fourth-order valence-corrected chi connectivity index (χ4v) is 2.81. The lowest BCUT2D eigenvalue weighted by Crippen LogP contribution is -2.34. The number of nitrogens with one attached hydrogen (secondary N) is 2. The van der Waals surface area contributed by atoms with Gasteiger partial charge in [0.15, 0.2) is 0 Å². The molecule has 0 atom stereocenters. The summed E-state index contributed by atoms with van der Waals surface area (Å²) in [5.74, 6) is 0. The summed E-state index contributed by atoms with van der Waals surface area (Å²) in [5, 5.41) is 5.81. The Kier molecular flexibility index (Phi) is 8.14. The standard InChI is InChI=1S/C22H32N4O/c1-5-26(6-2)17-20-9-7-18(8-10-20)15-23-22(27)24-16-19-11-13-21(14-12-19)25(3)4/h7-14H,5-6,15-17H2,1-4H3,(H2,23,24,27). The van der Waals surface area contributed by atoms with E-state index in [9.17, 15) is 4.79 Å². The molecular formula is C22H32N4O. The van der Waals surface area contributed by atoms with Crippen LogP contribution in [0.25, 0.3) is 0 Å². The van der Waals surface area contributed by atoms with E-state index in [-0.39, 0.29) is 6.03 Å². The van der Waals surface area contributed by atoms with E-state index in [1.807, 2.05) is 26.2 Å². The van der Waals surface area contributed by atoms with Gasteiger partial charge in [0.05, 0.1) is 0 Å². The number of hydrogen-bond acceptors (Lipinski definition) is 3. The van der Waals surface area contributed by atoms with Crippen LogP contribution in [0.2, 0.25) is 0 Å². The molecule has 0 aliphatic carbocycles. The molecule has 0 bridgehead atoms. The van der Waals surface area contributed by atoms with Crippen LogP contribution < -0.4 is 15.5 Å². The van der Waals surface area contributed by atoms with Crippen molar-refractivity contribution in [2.45, 2.75) is 33.5 Å². The zero-order valence-corrected chi connectivity index (χ0v) is 17.0. The zero-order chi connectivity index (χ0) is 19.6. The molecule has 0 aromatic heterocycles. The summed E-state index contributed by atoms with van der Waals surface area (Å²) < 4.78 is 0. The molecule has 2 amide bonds. The Labute approximate surface area is 163 Å². The maximum Gasteiger partial charge on any atom is 0.315 e. The first-order valence-electron chi connectivity index (χ1n) is 9.60. The summed E-state index contributed by atoms with van der Waals surface area (Å²) in [6, 6.07) is 16.5. The van der Waals surface area contributed by atoms with E-state index in [4.69, 9.17) is 0 Å². The maximum atomic E-state index is 12.0. The molecule has 0 aliphatic heterocycles. The van der Waals surface area contributed by atoms with Crippen LogP contribution in [0, 0.1) is 0 Å². The topological polar surface area (TPSA) is 47.6 Å². The molecule has 5 nitrogen and oxygen atoms in total. The summed E-state index contributed by atoms with van der Waals surface area (Å²) in [7, 11) is 4.02. The monoisotopic (exact) mass is 368 g/mol. The second kappa shape index (κ2) is 10.6. The Hall–Kier alpha value is -2.53. The molecule has 0 aliphatic rings. The van der Waals surface area contributed by atoms with Crippen molar-refractivity contribution in [2.24, 2.45) is 0 Å². The van der Waals surface area contributed by atoms with Crippen LogP contribution in [0.3, 0.4) is 0 Å². The molecule has 2 aromatic carbocycles. The molecule has 2 N–H and O–H groups in total. The van der Waals surface area contributed by atoms with E-state index in [1.165, 1.54) is 5.56 Å². The average molecular weight is 369 g/mol. The zero-order valence-electron chi connectivity index (χ0n) is 17.0. The van der Waals surface area contributed by atoms with Gasteiger partial charge in [0.2, 0.25) is 0 Å². The van der Waals surface area contributed by atoms with Crippen molar-refractivity contribution in [1.82, 2.24) is 15.5 Å². The minimum absolute atomic E-state index is 0.154. The molecule has 0 saturated heterocycles. The quantitative estimate of drug-likeness (QED) is 0.711. The number of rotatable bonds is 9. The van der Waals surface area contributed by atoms with Crippen molar-refractivity contribution < 1.29 is 4.79 Å². The smallest absolute Gasteiger partial charge is 0.315 e. The van der Waals surface area contributed by atoms with Gasteiger partial charge < -0.3 is 15.5 Å². The van der Waals surface area contributed by atoms with Gasteiger partial charge in [-0.2, -0.15) is 0 Å². The predicted molar refractivity (Wildman–Crippen MR) is 113 cm³/mol. The number of carbonyl (C=O) groups excluding carboxylic acids is 1. The van der Waals surface area contributed by atoms with E-state index >= 15 is 0 Å². The second-order valence-corrected chi connectivity index (χ2v) is 6.87. The number of amides is 2. The third-order valence-electron chi connectivity index (χ3n) is 4.68. The fourth-order valence-electron chi connectivity index (χ4n) is 2.81. The molecule has 5 heteroatoms. The number of urea groups is 1. The molecule has 0 spiro atoms. The van der Waals surface area contributed by atoms with Crippen molar-refractivity contribution in [3.05, 3.63) is 65.2 Å². The van der Waals surface area contributed by atoms with E-state index in [0.29, 0.717) is 13.1 Å². The highest BCUT2D eigenvalue weighted by Crippen LogP contribution is 2.12. The number of nitrogens with zero attached hydrogens (tertiary/aromatic N) is 2. The summed E-state index contributed by atoms with van der Waals surface area (Å²) in [4.78, 5) is 16.5. The van der Waals surface area contributed by atoms with Gasteiger partial charge in [-0.3, -0.25) is 4.90 Å². The van der Waals surface area contributed by atoms with E-state index < -0.39 is 0 Å². The van der Waals surface area contributed by atoms with Gasteiger partial charge in [-0.05, 0) is 41.9 Å². The Morgan fingerprint density at radius 2 is 1.22 bits per heavy atom. The average Bonchev–Trinajstić information content (AvgIpc) is 2.70. The summed E-state index contributed by atoms with van der Waals surface area (Å²) in [6.45, 7) is 8.47. The normalized spacial score (nSPS) is 10.7. The van der Waals surface area contributed by atoms with Crippen LogP contribution in [0.15, 0.2) is 48.5 Å². The molecule has 2 aromatic rings. The summed E-state index contributed by atoms with van der Waals surface area (Å²) >= 11 is 0. The number of benzene rings is 2. The molecule has 0 radical (unpaired) electrons. The first-order valence-corrected chi connectivity index (χ1v) is 9.60. The molecular weight excluding hydrogens is 336 g/mol. The Morgan fingerprint density at radius 3 is 1.67 bits per heavy atom. The minimum atomic E-state index is -0.154. The maximum absolute atomic E-state index is 12.0. The van der Waals surface area contributed by atoms with Gasteiger partial charge in [0, 0.05) is 39.4 Å². The van der Waals surface area contributed by atoms with Crippen molar-refractivity contribution in [1.29, 1.82) is 0 Å². The third kappa shape index (κ3) is 6.94.